The normalized spacial score (nSPS) is 14.2. The number of hydrogen-bond acceptors (Lipinski definition) is 8. The fourth-order valence-corrected chi connectivity index (χ4v) is 2.11. The van der Waals surface area contributed by atoms with Crippen molar-refractivity contribution in [3.05, 3.63) is 47.4 Å². The summed E-state index contributed by atoms with van der Waals surface area (Å²) in [6, 6.07) is 9.06. The molecule has 0 spiro atoms. The van der Waals surface area contributed by atoms with E-state index in [-0.39, 0.29) is 12.4 Å². The largest absolute Gasteiger partial charge is 0.493 e. The summed E-state index contributed by atoms with van der Waals surface area (Å²) in [6.07, 6.45) is -1.13. The number of methoxy groups -OCH3 is 2. The topological polar surface area (TPSA) is 122 Å². The maximum atomic E-state index is 10.8. The van der Waals surface area contributed by atoms with E-state index in [0.29, 0.717) is 29.1 Å². The fourth-order valence-electron chi connectivity index (χ4n) is 2.11. The molecule has 2 rings (SSSR count). The second-order valence-electron chi connectivity index (χ2n) is 5.01. The van der Waals surface area contributed by atoms with Crippen molar-refractivity contribution in [3.63, 3.8) is 0 Å². The van der Waals surface area contributed by atoms with Crippen LogP contribution in [0.15, 0.2) is 34.7 Å². The van der Waals surface area contributed by atoms with Gasteiger partial charge in [0.05, 0.1) is 7.11 Å². The summed E-state index contributed by atoms with van der Waals surface area (Å²) < 4.78 is 20.9. The van der Waals surface area contributed by atoms with Gasteiger partial charge in [-0.25, -0.2) is 0 Å². The van der Waals surface area contributed by atoms with Gasteiger partial charge in [-0.2, -0.15) is 5.26 Å². The Labute approximate surface area is 143 Å². The molecule has 0 bridgehead atoms. The van der Waals surface area contributed by atoms with Crippen LogP contribution in [0.2, 0.25) is 0 Å². The number of nitrogens with zero attached hydrogens (tertiary/aromatic N) is 1. The number of carbonyl (C=O) groups is 1. The predicted octanol–water partition coefficient (Wildman–Crippen LogP) is 1.36. The lowest BCUT2D eigenvalue weighted by Crippen LogP contribution is -2.40. The summed E-state index contributed by atoms with van der Waals surface area (Å²) in [5.41, 5.74) is 0.445. The molecule has 1 aromatic heterocycles. The summed E-state index contributed by atoms with van der Waals surface area (Å²) >= 11 is 0. The number of rotatable bonds is 8. The minimum absolute atomic E-state index is 0.0146. The highest BCUT2D eigenvalue weighted by molar-refractivity contribution is 5.76. The molecule has 8 nitrogen and oxygen atoms in total. The lowest BCUT2D eigenvalue weighted by molar-refractivity contribution is -0.248. The van der Waals surface area contributed by atoms with E-state index in [1.807, 2.05) is 0 Å². The molecule has 0 fully saturated rings. The number of carbonyl (C=O) groups excluding carboxylic acids is 1. The first-order chi connectivity index (χ1) is 12.0. The number of aliphatic hydroxyl groups excluding tert-OH is 1. The van der Waals surface area contributed by atoms with E-state index in [9.17, 15) is 15.0 Å². The molecule has 0 saturated heterocycles. The van der Waals surface area contributed by atoms with E-state index in [4.69, 9.17) is 23.9 Å². The maximum Gasteiger partial charge on any atom is 0.266 e. The Kier molecular flexibility index (Phi) is 5.77. The Hall–Kier alpha value is -2.86. The number of furan rings is 1. The van der Waals surface area contributed by atoms with E-state index in [0.717, 1.165) is 7.11 Å². The quantitative estimate of drug-likeness (QED) is 0.417. The molecule has 1 heterocycles. The number of aldehydes is 1. The zero-order valence-electron chi connectivity index (χ0n) is 13.6. The molecule has 2 aromatic rings. The van der Waals surface area contributed by atoms with Gasteiger partial charge >= 0.3 is 0 Å². The van der Waals surface area contributed by atoms with Crippen molar-refractivity contribution in [1.29, 1.82) is 5.26 Å². The molecular formula is C17H17NO7. The van der Waals surface area contributed by atoms with Gasteiger partial charge < -0.3 is 28.8 Å². The van der Waals surface area contributed by atoms with Crippen molar-refractivity contribution in [2.45, 2.75) is 18.5 Å². The van der Waals surface area contributed by atoms with Crippen molar-refractivity contribution in [2.24, 2.45) is 0 Å². The Bertz CT molecular complexity index is 780. The van der Waals surface area contributed by atoms with Crippen LogP contribution >= 0.6 is 0 Å². The third kappa shape index (κ3) is 3.80. The summed E-state index contributed by atoms with van der Waals surface area (Å²) in [7, 11) is 2.59. The highest BCUT2D eigenvalue weighted by Crippen LogP contribution is 2.30. The molecule has 0 aliphatic heterocycles. The van der Waals surface area contributed by atoms with Crippen LogP contribution in [0.4, 0.5) is 0 Å². The standard InChI is InChI=1S/C17H17NO7/c1-22-14-7-11(9-19)3-5-13(14)24-10-12-4-6-16(25-12)17(21,23-2)15(20)8-18/h3-7,9,15,20-21H,10H2,1-2H3. The Morgan fingerprint density at radius 3 is 2.68 bits per heavy atom. The van der Waals surface area contributed by atoms with Crippen molar-refractivity contribution < 1.29 is 33.6 Å². The predicted molar refractivity (Wildman–Crippen MR) is 83.9 cm³/mol. The molecule has 25 heavy (non-hydrogen) atoms. The number of ether oxygens (including phenoxy) is 3. The van der Waals surface area contributed by atoms with Crippen molar-refractivity contribution in [3.8, 4) is 17.6 Å². The molecule has 2 atom stereocenters. The van der Waals surface area contributed by atoms with Crippen LogP contribution in [0.3, 0.4) is 0 Å². The molecule has 132 valence electrons. The smallest absolute Gasteiger partial charge is 0.266 e. The number of nitriles is 1. The van der Waals surface area contributed by atoms with Crippen LogP contribution < -0.4 is 9.47 Å². The number of benzene rings is 1. The molecular weight excluding hydrogens is 330 g/mol. The first-order valence-corrected chi connectivity index (χ1v) is 7.19. The number of hydrogen-bond donors (Lipinski definition) is 2. The van der Waals surface area contributed by atoms with Crippen LogP contribution in [0, 0.1) is 11.3 Å². The first-order valence-electron chi connectivity index (χ1n) is 7.19. The second-order valence-corrected chi connectivity index (χ2v) is 5.01. The van der Waals surface area contributed by atoms with Gasteiger partial charge in [-0.1, -0.05) is 0 Å². The third-order valence-electron chi connectivity index (χ3n) is 3.51. The molecule has 0 saturated carbocycles. The summed E-state index contributed by atoms with van der Waals surface area (Å²) in [4.78, 5) is 10.8. The monoisotopic (exact) mass is 347 g/mol. The zero-order valence-corrected chi connectivity index (χ0v) is 13.6. The van der Waals surface area contributed by atoms with Crippen molar-refractivity contribution in [2.75, 3.05) is 14.2 Å². The van der Waals surface area contributed by atoms with E-state index >= 15 is 0 Å². The molecule has 0 aliphatic carbocycles. The molecule has 0 aliphatic rings. The first kappa shape index (κ1) is 18.5. The van der Waals surface area contributed by atoms with Crippen LogP contribution in [-0.2, 0) is 17.1 Å². The average molecular weight is 347 g/mol. The maximum absolute atomic E-state index is 10.8. The van der Waals surface area contributed by atoms with Crippen molar-refractivity contribution >= 4 is 6.29 Å². The lowest BCUT2D eigenvalue weighted by atomic mass is 10.1. The minimum Gasteiger partial charge on any atom is -0.493 e. The Morgan fingerprint density at radius 2 is 2.08 bits per heavy atom. The molecule has 2 N–H and O–H groups in total. The molecule has 0 amide bonds. The third-order valence-corrected chi connectivity index (χ3v) is 3.51. The molecule has 0 radical (unpaired) electrons. The molecule has 1 aromatic carbocycles. The van der Waals surface area contributed by atoms with Crippen molar-refractivity contribution in [1.82, 2.24) is 0 Å². The van der Waals surface area contributed by atoms with E-state index in [2.05, 4.69) is 0 Å². The summed E-state index contributed by atoms with van der Waals surface area (Å²) in [6.45, 7) is -0.0146. The number of aliphatic hydroxyl groups is 2. The van der Waals surface area contributed by atoms with Gasteiger partial charge in [0.2, 0.25) is 6.10 Å². The summed E-state index contributed by atoms with van der Waals surface area (Å²) in [5.74, 6) is -1.33. The van der Waals surface area contributed by atoms with E-state index < -0.39 is 11.9 Å². The van der Waals surface area contributed by atoms with Gasteiger partial charge in [-0.15, -0.1) is 0 Å². The van der Waals surface area contributed by atoms with Gasteiger partial charge in [0.1, 0.15) is 24.7 Å². The Morgan fingerprint density at radius 1 is 1.32 bits per heavy atom. The highest BCUT2D eigenvalue weighted by atomic mass is 16.6. The SMILES string of the molecule is COc1cc(C=O)ccc1OCc1ccc(C(O)(OC)C(O)C#N)o1. The van der Waals surface area contributed by atoms with Gasteiger partial charge in [-0.05, 0) is 30.3 Å². The molecule has 8 heteroatoms. The highest BCUT2D eigenvalue weighted by Gasteiger charge is 2.41. The second kappa shape index (κ2) is 7.81. The average Bonchev–Trinajstić information content (AvgIpc) is 3.14. The van der Waals surface area contributed by atoms with Gasteiger partial charge in [0, 0.05) is 12.7 Å². The summed E-state index contributed by atoms with van der Waals surface area (Å²) in [5, 5.41) is 28.6. The van der Waals surface area contributed by atoms with Gasteiger partial charge in [-0.3, -0.25) is 4.79 Å². The van der Waals surface area contributed by atoms with Gasteiger partial charge in [0.25, 0.3) is 5.79 Å². The zero-order chi connectivity index (χ0) is 18.4. The van der Waals surface area contributed by atoms with Crippen LogP contribution in [0.5, 0.6) is 11.5 Å². The lowest BCUT2D eigenvalue weighted by Gasteiger charge is -2.24. The molecule has 2 unspecified atom stereocenters. The van der Waals surface area contributed by atoms with Crippen LogP contribution in [0.25, 0.3) is 0 Å². The van der Waals surface area contributed by atoms with E-state index in [1.165, 1.54) is 31.4 Å². The van der Waals surface area contributed by atoms with Gasteiger partial charge in [0.15, 0.2) is 17.3 Å². The van der Waals surface area contributed by atoms with Crippen LogP contribution in [-0.4, -0.2) is 36.8 Å². The van der Waals surface area contributed by atoms with Crippen LogP contribution in [0.1, 0.15) is 21.9 Å². The fraction of sp³-hybridized carbons (Fsp3) is 0.294. The minimum atomic E-state index is -2.28. The Balaban J connectivity index is 2.15. The van der Waals surface area contributed by atoms with E-state index in [1.54, 1.807) is 12.1 Å².